The van der Waals surface area contributed by atoms with Gasteiger partial charge in [0.15, 0.2) is 5.82 Å². The van der Waals surface area contributed by atoms with E-state index < -0.39 is 52.6 Å². The third-order valence-corrected chi connectivity index (χ3v) is 4.59. The molecule has 1 fully saturated rings. The summed E-state index contributed by atoms with van der Waals surface area (Å²) in [5, 5.41) is 3.74. The van der Waals surface area contributed by atoms with Crippen LogP contribution in [0, 0.1) is 0 Å². The summed E-state index contributed by atoms with van der Waals surface area (Å²) in [5.74, 6) is -3.10. The fraction of sp³-hybridized carbons (Fsp3) is 0.316. The van der Waals surface area contributed by atoms with E-state index in [0.29, 0.717) is 17.6 Å². The number of ether oxygens (including phenoxy) is 1. The maximum absolute atomic E-state index is 13.0. The largest absolute Gasteiger partial charge is 0.424 e. The van der Waals surface area contributed by atoms with Crippen LogP contribution in [0.3, 0.4) is 0 Å². The number of primary amides is 1. The third kappa shape index (κ3) is 6.86. The zero-order valence-corrected chi connectivity index (χ0v) is 17.6. The first-order valence-corrected chi connectivity index (χ1v) is 9.78. The van der Waals surface area contributed by atoms with Gasteiger partial charge in [-0.25, -0.2) is 14.5 Å². The number of nitrogens with zero attached hydrogens (tertiary/aromatic N) is 4. The van der Waals surface area contributed by atoms with Gasteiger partial charge in [0.1, 0.15) is 6.33 Å². The molecule has 2 heterocycles. The van der Waals surface area contributed by atoms with Gasteiger partial charge >= 0.3 is 24.2 Å². The standard InChI is InChI=1S/C19H16F6N6O4/c20-18(21,22)12-7-11(8-13(9-12)19(23,24)25)15-26-10-31(29-15)2-1-14(32)27-28-16(33)17(34)30-3-5-35-6-4-30/h1-2,7-10H,3-6H2,(H,27,32)(H,28,33)/p+1. The summed E-state index contributed by atoms with van der Waals surface area (Å²) in [6, 6.07) is 0.918. The van der Waals surface area contributed by atoms with E-state index in [1.807, 2.05) is 0 Å². The molecule has 0 unspecified atom stereocenters. The van der Waals surface area contributed by atoms with Crippen LogP contribution in [-0.2, 0) is 31.5 Å². The first-order chi connectivity index (χ1) is 16.3. The van der Waals surface area contributed by atoms with Crippen LogP contribution in [0.1, 0.15) is 11.1 Å². The van der Waals surface area contributed by atoms with Crippen molar-refractivity contribution in [3.63, 3.8) is 0 Å². The van der Waals surface area contributed by atoms with Gasteiger partial charge in [-0.2, -0.15) is 37.2 Å². The summed E-state index contributed by atoms with van der Waals surface area (Å²) in [6.45, 7) is 1.03. The van der Waals surface area contributed by atoms with Gasteiger partial charge in [-0.15, -0.1) is 5.10 Å². The number of hydrogen-bond donors (Lipinski definition) is 2. The van der Waals surface area contributed by atoms with E-state index in [1.165, 1.54) is 4.90 Å². The average Bonchev–Trinajstić information content (AvgIpc) is 3.29. The Labute approximate surface area is 192 Å². The summed E-state index contributed by atoms with van der Waals surface area (Å²) < 4.78 is 84.1. The van der Waals surface area contributed by atoms with E-state index in [2.05, 4.69) is 15.5 Å². The van der Waals surface area contributed by atoms with Gasteiger partial charge in [-0.05, 0) is 18.2 Å². The van der Waals surface area contributed by atoms with Crippen LogP contribution >= 0.6 is 0 Å². The van der Waals surface area contributed by atoms with Crippen molar-refractivity contribution in [2.24, 2.45) is 0 Å². The summed E-state index contributed by atoms with van der Waals surface area (Å²) in [7, 11) is 0. The van der Waals surface area contributed by atoms with Gasteiger partial charge in [-0.1, -0.05) is 0 Å². The molecule has 3 N–H and O–H groups in total. The molecule has 188 valence electrons. The van der Waals surface area contributed by atoms with Crippen molar-refractivity contribution in [2.45, 2.75) is 12.4 Å². The van der Waals surface area contributed by atoms with Crippen molar-refractivity contribution in [1.82, 2.24) is 25.1 Å². The minimum absolute atomic E-state index is 0.0215. The molecule has 0 spiro atoms. The van der Waals surface area contributed by atoms with Crippen molar-refractivity contribution in [3.8, 4) is 11.4 Å². The third-order valence-electron chi connectivity index (χ3n) is 4.59. The van der Waals surface area contributed by atoms with E-state index in [0.717, 1.165) is 23.3 Å². The average molecular weight is 507 g/mol. The molecule has 1 aliphatic heterocycles. The molecule has 0 aliphatic carbocycles. The van der Waals surface area contributed by atoms with Crippen LogP contribution in [0.4, 0.5) is 26.3 Å². The number of halogens is 6. The number of quaternary nitrogens is 1. The number of nitrogens with one attached hydrogen (secondary N) is 1. The predicted molar refractivity (Wildman–Crippen MR) is 103 cm³/mol. The molecule has 1 aromatic heterocycles. The molecule has 16 heteroatoms. The minimum atomic E-state index is -5.03. The number of hydrogen-bond acceptors (Lipinski definition) is 6. The Balaban J connectivity index is 1.65. The fourth-order valence-corrected chi connectivity index (χ4v) is 2.88. The smallest absolute Gasteiger partial charge is 0.378 e. The number of carbonyl (C=O) groups excluding carboxylic acids is 3. The maximum Gasteiger partial charge on any atom is 0.424 e. The SMILES string of the molecule is O=C(C=Cn1cnc(-c2cc(C(F)(F)F)cc(C(F)(F)F)c2)n1)N[NH2+]C(=O)C(=O)N1CCOCC1. The quantitative estimate of drug-likeness (QED) is 0.155. The number of nitrogens with two attached hydrogens (primary N) is 1. The number of amides is 3. The van der Waals surface area contributed by atoms with Crippen LogP contribution in [-0.4, -0.2) is 63.7 Å². The van der Waals surface area contributed by atoms with Gasteiger partial charge in [0, 0.05) is 30.9 Å². The molecule has 35 heavy (non-hydrogen) atoms. The second-order valence-electron chi connectivity index (χ2n) is 7.08. The zero-order valence-electron chi connectivity index (χ0n) is 17.6. The molecule has 0 atom stereocenters. The lowest BCUT2D eigenvalue weighted by atomic mass is 10.0. The lowest BCUT2D eigenvalue weighted by molar-refractivity contribution is -0.609. The van der Waals surface area contributed by atoms with Crippen LogP contribution in [0.5, 0.6) is 0 Å². The van der Waals surface area contributed by atoms with Crippen LogP contribution in [0.25, 0.3) is 17.6 Å². The van der Waals surface area contributed by atoms with Crippen LogP contribution < -0.4 is 10.9 Å². The Morgan fingerprint density at radius 3 is 2.17 bits per heavy atom. The molecule has 3 rings (SSSR count). The molecule has 0 bridgehead atoms. The van der Waals surface area contributed by atoms with Gasteiger partial charge in [0.25, 0.3) is 5.91 Å². The number of morpholine rings is 1. The van der Waals surface area contributed by atoms with Crippen molar-refractivity contribution < 1.29 is 50.9 Å². The summed E-state index contributed by atoms with van der Waals surface area (Å²) in [6.07, 6.45) is -7.27. The van der Waals surface area contributed by atoms with Crippen LogP contribution in [0.2, 0.25) is 0 Å². The Kier molecular flexibility index (Phi) is 7.54. The highest BCUT2D eigenvalue weighted by Gasteiger charge is 2.37. The number of benzene rings is 1. The predicted octanol–water partition coefficient (Wildman–Crippen LogP) is 0.433. The monoisotopic (exact) mass is 507 g/mol. The second kappa shape index (κ2) is 10.2. The first-order valence-electron chi connectivity index (χ1n) is 9.78. The van der Waals surface area contributed by atoms with Crippen LogP contribution in [0.15, 0.2) is 30.6 Å². The van der Waals surface area contributed by atoms with E-state index >= 15 is 0 Å². The van der Waals surface area contributed by atoms with Gasteiger partial charge in [0.2, 0.25) is 0 Å². The lowest BCUT2D eigenvalue weighted by Crippen LogP contribution is -2.99. The fourth-order valence-electron chi connectivity index (χ4n) is 2.88. The molecule has 0 radical (unpaired) electrons. The molecule has 1 saturated heterocycles. The Morgan fingerprint density at radius 2 is 1.60 bits per heavy atom. The topological polar surface area (TPSA) is 123 Å². The number of carbonyl (C=O) groups is 3. The Morgan fingerprint density at radius 1 is 1.00 bits per heavy atom. The van der Waals surface area contributed by atoms with Crippen molar-refractivity contribution >= 4 is 23.9 Å². The molecular weight excluding hydrogens is 490 g/mol. The molecule has 10 nitrogen and oxygen atoms in total. The van der Waals surface area contributed by atoms with Gasteiger partial charge < -0.3 is 9.64 Å². The van der Waals surface area contributed by atoms with E-state index in [4.69, 9.17) is 4.74 Å². The first kappa shape index (κ1) is 25.8. The van der Waals surface area contributed by atoms with E-state index in [-0.39, 0.29) is 32.4 Å². The molecule has 1 aromatic carbocycles. The molecular formula is C19H17F6N6O4+. The van der Waals surface area contributed by atoms with Crippen molar-refractivity contribution in [1.29, 1.82) is 0 Å². The summed E-state index contributed by atoms with van der Waals surface area (Å²) >= 11 is 0. The van der Waals surface area contributed by atoms with E-state index in [9.17, 15) is 40.7 Å². The Bertz CT molecular complexity index is 1110. The highest BCUT2D eigenvalue weighted by Crippen LogP contribution is 2.38. The summed E-state index contributed by atoms with van der Waals surface area (Å²) in [5.41, 5.74) is -0.858. The molecule has 2 aromatic rings. The molecule has 0 saturated carbocycles. The van der Waals surface area contributed by atoms with Gasteiger partial charge in [0.05, 0.1) is 24.3 Å². The normalized spacial score (nSPS) is 14.9. The maximum atomic E-state index is 13.0. The second-order valence-corrected chi connectivity index (χ2v) is 7.08. The Hall–Kier alpha value is -3.79. The highest BCUT2D eigenvalue weighted by molar-refractivity contribution is 6.30. The van der Waals surface area contributed by atoms with E-state index in [1.54, 1.807) is 0 Å². The molecule has 1 aliphatic rings. The lowest BCUT2D eigenvalue weighted by Gasteiger charge is -2.24. The zero-order chi connectivity index (χ0) is 25.8. The van der Waals surface area contributed by atoms with Crippen molar-refractivity contribution in [2.75, 3.05) is 26.3 Å². The number of rotatable bonds is 3. The molecule has 3 amide bonds. The summed E-state index contributed by atoms with van der Waals surface area (Å²) in [4.78, 5) is 40.6. The van der Waals surface area contributed by atoms with Gasteiger partial charge in [-0.3, -0.25) is 9.59 Å². The number of alkyl halides is 6. The highest BCUT2D eigenvalue weighted by atomic mass is 19.4. The number of aromatic nitrogens is 3. The van der Waals surface area contributed by atoms with Crippen molar-refractivity contribution in [3.05, 3.63) is 41.7 Å². The minimum Gasteiger partial charge on any atom is -0.378 e.